The quantitative estimate of drug-likeness (QED) is 0.270. The van der Waals surface area contributed by atoms with E-state index in [-0.39, 0.29) is 7.43 Å². The van der Waals surface area contributed by atoms with Crippen LogP contribution < -0.4 is 0 Å². The third-order valence-electron chi connectivity index (χ3n) is 8.86. The molecule has 0 saturated carbocycles. The predicted octanol–water partition coefficient (Wildman–Crippen LogP) is 8.26. The van der Waals surface area contributed by atoms with Gasteiger partial charge >= 0.3 is 0 Å². The normalized spacial score (nSPS) is 20.4. The van der Waals surface area contributed by atoms with Crippen LogP contribution in [-0.4, -0.2) is 160 Å². The smallest absolute Gasteiger partial charge is 0.0943 e. The number of likely N-dealkylation sites (N-methyl/N-ethyl adjacent to an activating group) is 2. The Morgan fingerprint density at radius 1 is 0.408 bits per heavy atom. The van der Waals surface area contributed by atoms with Crippen molar-refractivity contribution in [1.82, 2.24) is 39.0 Å². The fourth-order valence-electron chi connectivity index (χ4n) is 5.35. The lowest BCUT2D eigenvalue weighted by Crippen LogP contribution is -2.42. The first-order chi connectivity index (χ1) is 23.2. The molecule has 0 spiro atoms. The Morgan fingerprint density at radius 2 is 0.673 bits per heavy atom. The number of piperidine rings is 3. The summed E-state index contributed by atoms with van der Waals surface area (Å²) in [5.74, 6) is 0.978. The van der Waals surface area contributed by atoms with Gasteiger partial charge < -0.3 is 34.0 Å². The van der Waals surface area contributed by atoms with Crippen LogP contribution in [0.3, 0.4) is 0 Å². The maximum atomic E-state index is 3.78. The molecule has 5 aliphatic rings. The maximum Gasteiger partial charge on any atom is 0.0943 e. The van der Waals surface area contributed by atoms with Crippen molar-refractivity contribution in [3.05, 3.63) is 18.7 Å². The zero-order valence-electron chi connectivity index (χ0n) is 35.4. The van der Waals surface area contributed by atoms with Crippen LogP contribution in [0, 0.1) is 5.92 Å². The van der Waals surface area contributed by atoms with Crippen molar-refractivity contribution in [2.45, 2.75) is 120 Å². The number of rotatable bonds is 0. The number of hydrogen-bond acceptors (Lipinski definition) is 7. The molecule has 0 aromatic carbocycles. The minimum atomic E-state index is 0. The molecule has 0 aliphatic carbocycles. The highest BCUT2D eigenvalue weighted by Crippen LogP contribution is 2.13. The fraction of sp³-hybridized carbons (Fsp3) is 0.927. The molecule has 5 fully saturated rings. The van der Waals surface area contributed by atoms with Gasteiger partial charge in [-0.25, -0.2) is 4.98 Å². The summed E-state index contributed by atoms with van der Waals surface area (Å²) in [6.07, 6.45) is 19.6. The van der Waals surface area contributed by atoms with Gasteiger partial charge in [-0.3, -0.25) is 0 Å². The van der Waals surface area contributed by atoms with Gasteiger partial charge in [0, 0.05) is 45.6 Å². The van der Waals surface area contributed by atoms with Crippen molar-refractivity contribution in [3.8, 4) is 0 Å². The van der Waals surface area contributed by atoms with Gasteiger partial charge in [0.1, 0.15) is 0 Å². The van der Waals surface area contributed by atoms with E-state index in [9.17, 15) is 0 Å². The topological polar surface area (TPSA) is 37.3 Å². The predicted molar refractivity (Wildman–Crippen MR) is 224 cm³/mol. The Kier molecular flexibility index (Phi) is 46.2. The van der Waals surface area contributed by atoms with E-state index in [1.54, 1.807) is 12.5 Å². The molecule has 0 bridgehead atoms. The minimum absolute atomic E-state index is 0. The van der Waals surface area contributed by atoms with Crippen LogP contribution in [0.2, 0.25) is 0 Å². The van der Waals surface area contributed by atoms with E-state index in [2.05, 4.69) is 83.6 Å². The van der Waals surface area contributed by atoms with E-state index in [1.807, 2.05) is 59.4 Å². The third kappa shape index (κ3) is 39.6. The zero-order valence-corrected chi connectivity index (χ0v) is 35.4. The molecule has 0 radical (unpaired) electrons. The van der Waals surface area contributed by atoms with E-state index in [0.29, 0.717) is 0 Å². The first kappa shape index (κ1) is 54.7. The Hall–Kier alpha value is -1.03. The summed E-state index contributed by atoms with van der Waals surface area (Å²) < 4.78 is 1.89. The lowest BCUT2D eigenvalue weighted by Gasteiger charge is -2.28. The van der Waals surface area contributed by atoms with Gasteiger partial charge in [0.2, 0.25) is 0 Å². The second kappa shape index (κ2) is 41.4. The molecule has 1 aromatic rings. The van der Waals surface area contributed by atoms with Gasteiger partial charge in [-0.05, 0) is 152 Å². The maximum absolute atomic E-state index is 3.78. The Morgan fingerprint density at radius 3 is 0.837 bits per heavy atom. The molecule has 6 rings (SSSR count). The highest BCUT2D eigenvalue weighted by Gasteiger charge is 2.11. The van der Waals surface area contributed by atoms with Crippen LogP contribution >= 0.6 is 0 Å². The van der Waals surface area contributed by atoms with Crippen molar-refractivity contribution in [3.63, 3.8) is 0 Å². The van der Waals surface area contributed by atoms with Crippen LogP contribution in [0.25, 0.3) is 0 Å². The number of imidazole rings is 1. The van der Waals surface area contributed by atoms with Gasteiger partial charge in [-0.15, -0.1) is 0 Å². The molecule has 49 heavy (non-hydrogen) atoms. The highest BCUT2D eigenvalue weighted by atomic mass is 15.2. The lowest BCUT2D eigenvalue weighted by atomic mass is 10.00. The van der Waals surface area contributed by atoms with Crippen LogP contribution in [0.5, 0.6) is 0 Å². The molecular weight excluding hydrogens is 605 g/mol. The summed E-state index contributed by atoms with van der Waals surface area (Å²) >= 11 is 0. The van der Waals surface area contributed by atoms with Crippen LogP contribution in [0.1, 0.15) is 120 Å². The molecule has 6 heterocycles. The highest BCUT2D eigenvalue weighted by molar-refractivity contribution is 4.70. The van der Waals surface area contributed by atoms with Crippen molar-refractivity contribution in [2.75, 3.05) is 121 Å². The molecule has 298 valence electrons. The van der Waals surface area contributed by atoms with E-state index >= 15 is 0 Å². The van der Waals surface area contributed by atoms with Crippen molar-refractivity contribution >= 4 is 0 Å². The molecule has 5 aliphatic heterocycles. The summed E-state index contributed by atoms with van der Waals surface area (Å²) in [5, 5.41) is 0. The minimum Gasteiger partial charge on any atom is -0.341 e. The number of aromatic nitrogens is 2. The Labute approximate surface area is 311 Å². The molecule has 8 nitrogen and oxygen atoms in total. The molecule has 0 unspecified atom stereocenters. The van der Waals surface area contributed by atoms with E-state index in [1.165, 1.54) is 143 Å². The first-order valence-corrected chi connectivity index (χ1v) is 20.2. The molecule has 0 N–H and O–H groups in total. The standard InChI is InChI=1S/C7H15N.C6H14N2.2C6H13N.C5H11N.C4H6N2.3C2H6.CH4/c2*1-7-3-5-8(2)6-4-7;2*1-7-5-3-2-4-6-7;1-6-4-2-3-5-6;1-6-3-2-5-4-6;3*1-2;/h7H,3-6H2,1-2H3;3-6H2,1-2H3;2*2-6H2,1H3;2-5H2,1H3;2-4H,1H3;3*1-2H3;1H4. The van der Waals surface area contributed by atoms with Gasteiger partial charge in [0.05, 0.1) is 6.33 Å². The number of aryl methyl sites for hydroxylation is 1. The van der Waals surface area contributed by atoms with Crippen LogP contribution in [0.15, 0.2) is 18.7 Å². The van der Waals surface area contributed by atoms with Crippen LogP contribution in [-0.2, 0) is 7.05 Å². The SMILES string of the molecule is C.CC.CC.CC.CC1CCN(C)CC1.CN1CCCC1.CN1CCCCC1.CN1CCCCC1.CN1CCN(C)CC1.Cn1ccnc1. The Balaban J connectivity index is -0.000000240. The van der Waals surface area contributed by atoms with Crippen molar-refractivity contribution in [1.29, 1.82) is 0 Å². The van der Waals surface area contributed by atoms with Crippen LogP contribution in [0.4, 0.5) is 0 Å². The van der Waals surface area contributed by atoms with E-state index in [0.717, 1.165) is 5.92 Å². The zero-order chi connectivity index (χ0) is 37.0. The van der Waals surface area contributed by atoms with Crippen molar-refractivity contribution < 1.29 is 0 Å². The molecule has 8 heteroatoms. The van der Waals surface area contributed by atoms with Gasteiger partial charge in [-0.1, -0.05) is 68.7 Å². The van der Waals surface area contributed by atoms with E-state index < -0.39 is 0 Å². The first-order valence-electron chi connectivity index (χ1n) is 20.2. The average Bonchev–Trinajstić information content (AvgIpc) is 3.82. The second-order valence-corrected chi connectivity index (χ2v) is 13.6. The average molecular weight is 699 g/mol. The molecular formula is C41H94N8. The summed E-state index contributed by atoms with van der Waals surface area (Å²) in [6, 6.07) is 0. The second-order valence-electron chi connectivity index (χ2n) is 13.6. The van der Waals surface area contributed by atoms with Gasteiger partial charge in [0.15, 0.2) is 0 Å². The molecule has 5 saturated heterocycles. The van der Waals surface area contributed by atoms with E-state index in [4.69, 9.17) is 0 Å². The summed E-state index contributed by atoms with van der Waals surface area (Å²) in [7, 11) is 15.0. The largest absolute Gasteiger partial charge is 0.341 e. The number of likely N-dealkylation sites (tertiary alicyclic amines) is 4. The number of piperazine rings is 1. The van der Waals surface area contributed by atoms with Crippen molar-refractivity contribution in [2.24, 2.45) is 13.0 Å². The van der Waals surface area contributed by atoms with Gasteiger partial charge in [-0.2, -0.15) is 0 Å². The molecule has 1 aromatic heterocycles. The monoisotopic (exact) mass is 699 g/mol. The summed E-state index contributed by atoms with van der Waals surface area (Å²) in [5.41, 5.74) is 0. The third-order valence-corrected chi connectivity index (χ3v) is 8.86. The number of hydrogen-bond donors (Lipinski definition) is 0. The molecule has 0 atom stereocenters. The number of nitrogens with zero attached hydrogens (tertiary/aromatic N) is 8. The Bertz CT molecular complexity index is 612. The lowest BCUT2D eigenvalue weighted by molar-refractivity contribution is 0.181. The summed E-state index contributed by atoms with van der Waals surface area (Å²) in [4.78, 5) is 18.1. The summed E-state index contributed by atoms with van der Waals surface area (Å²) in [6.45, 7) is 29.8. The molecule has 0 amide bonds. The van der Waals surface area contributed by atoms with Gasteiger partial charge in [0.25, 0.3) is 0 Å². The fourth-order valence-corrected chi connectivity index (χ4v) is 5.35.